The molecule has 3 rings (SSSR count). The van der Waals surface area contributed by atoms with Gasteiger partial charge in [0, 0.05) is 16.5 Å². The number of carbonyl (C=O) groups excluding carboxylic acids is 1. The van der Waals surface area contributed by atoms with Gasteiger partial charge in [0.25, 0.3) is 0 Å². The first-order valence-electron chi connectivity index (χ1n) is 7.89. The number of halogens is 1. The third-order valence-electron chi connectivity index (χ3n) is 3.62. The lowest BCUT2D eigenvalue weighted by atomic mass is 10.1. The van der Waals surface area contributed by atoms with E-state index in [9.17, 15) is 4.79 Å². The third kappa shape index (κ3) is 5.00. The molecule has 0 atom stereocenters. The van der Waals surface area contributed by atoms with Crippen molar-refractivity contribution in [2.45, 2.75) is 26.4 Å². The highest BCUT2D eigenvalue weighted by Crippen LogP contribution is 2.19. The van der Waals surface area contributed by atoms with Crippen molar-refractivity contribution in [2.75, 3.05) is 0 Å². The molecule has 0 saturated carbocycles. The van der Waals surface area contributed by atoms with Gasteiger partial charge >= 0.3 is 5.97 Å². The molecule has 0 amide bonds. The average Bonchev–Trinajstić information content (AvgIpc) is 3.09. The molecule has 25 heavy (non-hydrogen) atoms. The Bertz CT molecular complexity index is 842. The van der Waals surface area contributed by atoms with Crippen LogP contribution in [0, 0.1) is 6.92 Å². The maximum Gasteiger partial charge on any atom is 0.306 e. The minimum atomic E-state index is -0.294. The molecular weight excluding hydrogens is 384 g/mol. The van der Waals surface area contributed by atoms with Crippen LogP contribution in [0.2, 0.25) is 0 Å². The van der Waals surface area contributed by atoms with Crippen LogP contribution in [0.4, 0.5) is 0 Å². The maximum atomic E-state index is 11.8. The highest BCUT2D eigenvalue weighted by Gasteiger charge is 2.11. The molecule has 0 aliphatic rings. The van der Waals surface area contributed by atoms with Crippen molar-refractivity contribution in [3.8, 4) is 11.5 Å². The van der Waals surface area contributed by atoms with Crippen LogP contribution in [0.5, 0.6) is 0 Å². The van der Waals surface area contributed by atoms with E-state index < -0.39 is 0 Å². The minimum absolute atomic E-state index is 0.200. The molecule has 2 aromatic carbocycles. The van der Waals surface area contributed by atoms with Crippen LogP contribution in [0.25, 0.3) is 11.5 Å². The van der Waals surface area contributed by atoms with E-state index in [-0.39, 0.29) is 19.0 Å². The monoisotopic (exact) mass is 400 g/mol. The molecule has 0 aliphatic carbocycles. The van der Waals surface area contributed by atoms with Crippen LogP contribution in [0.1, 0.15) is 23.4 Å². The van der Waals surface area contributed by atoms with E-state index in [2.05, 4.69) is 26.1 Å². The molecule has 0 radical (unpaired) electrons. The van der Waals surface area contributed by atoms with Crippen molar-refractivity contribution in [3.05, 3.63) is 70.0 Å². The average molecular weight is 401 g/mol. The van der Waals surface area contributed by atoms with E-state index in [1.54, 1.807) is 0 Å². The third-order valence-corrected chi connectivity index (χ3v) is 4.15. The summed E-state index contributed by atoms with van der Waals surface area (Å²) in [5, 5.41) is 8.01. The lowest BCUT2D eigenvalue weighted by Crippen LogP contribution is -2.06. The molecule has 0 saturated heterocycles. The summed E-state index contributed by atoms with van der Waals surface area (Å²) >= 11 is 3.37. The summed E-state index contributed by atoms with van der Waals surface area (Å²) in [6.07, 6.45) is 0.560. The van der Waals surface area contributed by atoms with Gasteiger partial charge in [-0.25, -0.2) is 0 Å². The Balaban J connectivity index is 1.49. The van der Waals surface area contributed by atoms with Gasteiger partial charge < -0.3 is 9.15 Å². The summed E-state index contributed by atoms with van der Waals surface area (Å²) in [5.41, 5.74) is 2.97. The summed E-state index contributed by atoms with van der Waals surface area (Å²) in [6, 6.07) is 15.5. The van der Waals surface area contributed by atoms with Gasteiger partial charge in [-0.3, -0.25) is 4.79 Å². The number of benzene rings is 2. The largest absolute Gasteiger partial charge is 0.461 e. The van der Waals surface area contributed by atoms with Gasteiger partial charge in [-0.05, 0) is 36.8 Å². The van der Waals surface area contributed by atoms with Crippen molar-refractivity contribution in [1.29, 1.82) is 0 Å². The van der Waals surface area contributed by atoms with Crippen molar-refractivity contribution in [2.24, 2.45) is 0 Å². The number of aromatic nitrogens is 2. The van der Waals surface area contributed by atoms with Crippen LogP contribution in [-0.4, -0.2) is 16.2 Å². The Kier molecular flexibility index (Phi) is 5.60. The molecule has 1 heterocycles. The van der Waals surface area contributed by atoms with Crippen LogP contribution in [0.3, 0.4) is 0 Å². The quantitative estimate of drug-likeness (QED) is 0.570. The van der Waals surface area contributed by atoms with Crippen molar-refractivity contribution in [3.63, 3.8) is 0 Å². The summed E-state index contributed by atoms with van der Waals surface area (Å²) < 4.78 is 11.8. The van der Waals surface area contributed by atoms with Crippen LogP contribution in [0.15, 0.2) is 57.4 Å². The van der Waals surface area contributed by atoms with Gasteiger partial charge in [0.15, 0.2) is 0 Å². The van der Waals surface area contributed by atoms with Crippen LogP contribution >= 0.6 is 15.9 Å². The van der Waals surface area contributed by atoms with Crippen LogP contribution in [-0.2, 0) is 22.6 Å². The fraction of sp³-hybridized carbons (Fsp3) is 0.211. The Hall–Kier alpha value is -2.47. The molecule has 128 valence electrons. The maximum absolute atomic E-state index is 11.8. The first-order chi connectivity index (χ1) is 12.1. The molecule has 6 heteroatoms. The van der Waals surface area contributed by atoms with Crippen LogP contribution < -0.4 is 0 Å². The second-order valence-electron chi connectivity index (χ2n) is 5.65. The number of esters is 1. The first kappa shape index (κ1) is 17.4. The number of carbonyl (C=O) groups is 1. The highest BCUT2D eigenvalue weighted by molar-refractivity contribution is 9.10. The Morgan fingerprint density at radius 3 is 2.52 bits per heavy atom. The number of rotatable bonds is 6. The summed E-state index contributed by atoms with van der Waals surface area (Å²) in [4.78, 5) is 11.8. The molecular formula is C19H17BrN2O3. The van der Waals surface area contributed by atoms with E-state index in [1.165, 1.54) is 0 Å². The van der Waals surface area contributed by atoms with Crippen molar-refractivity contribution in [1.82, 2.24) is 10.2 Å². The smallest absolute Gasteiger partial charge is 0.306 e. The number of ether oxygens (including phenoxy) is 1. The molecule has 5 nitrogen and oxygen atoms in total. The van der Waals surface area contributed by atoms with Gasteiger partial charge in [-0.1, -0.05) is 45.8 Å². The summed E-state index contributed by atoms with van der Waals surface area (Å²) in [6.45, 7) is 2.27. The lowest BCUT2D eigenvalue weighted by molar-refractivity contribution is -0.145. The van der Waals surface area contributed by atoms with E-state index in [0.717, 1.165) is 21.2 Å². The molecule has 0 fully saturated rings. The fourth-order valence-electron chi connectivity index (χ4n) is 2.19. The van der Waals surface area contributed by atoms with E-state index >= 15 is 0 Å². The molecule has 0 N–H and O–H groups in total. The molecule has 0 bridgehead atoms. The normalized spacial score (nSPS) is 10.6. The fourth-order valence-corrected chi connectivity index (χ4v) is 2.46. The van der Waals surface area contributed by atoms with Crippen molar-refractivity contribution < 1.29 is 13.9 Å². The van der Waals surface area contributed by atoms with Gasteiger partial charge in [0.05, 0.1) is 6.42 Å². The zero-order valence-corrected chi connectivity index (χ0v) is 15.3. The highest BCUT2D eigenvalue weighted by atomic mass is 79.9. The number of aryl methyl sites for hydroxylation is 2. The number of hydrogen-bond acceptors (Lipinski definition) is 5. The Morgan fingerprint density at radius 2 is 1.80 bits per heavy atom. The molecule has 0 unspecified atom stereocenters. The zero-order chi connectivity index (χ0) is 17.6. The Labute approximate surface area is 154 Å². The van der Waals surface area contributed by atoms with Gasteiger partial charge in [0.1, 0.15) is 6.61 Å². The molecule has 0 spiro atoms. The summed E-state index contributed by atoms with van der Waals surface area (Å²) in [7, 11) is 0. The minimum Gasteiger partial charge on any atom is -0.461 e. The second kappa shape index (κ2) is 8.07. The second-order valence-corrected chi connectivity index (χ2v) is 6.57. The predicted octanol–water partition coefficient (Wildman–Crippen LogP) is 4.48. The SMILES string of the molecule is Cc1ccc(-c2nnc(CCC(=O)OCc3ccc(Br)cc3)o2)cc1. The summed E-state index contributed by atoms with van der Waals surface area (Å²) in [5.74, 6) is 0.590. The zero-order valence-electron chi connectivity index (χ0n) is 13.7. The number of hydrogen-bond donors (Lipinski definition) is 0. The van der Waals surface area contributed by atoms with Gasteiger partial charge in [0.2, 0.25) is 11.8 Å². The van der Waals surface area contributed by atoms with E-state index in [4.69, 9.17) is 9.15 Å². The standard InChI is InChI=1S/C19H17BrN2O3/c1-13-2-6-15(7-3-13)19-22-21-17(25-19)10-11-18(23)24-12-14-4-8-16(20)9-5-14/h2-9H,10-12H2,1H3. The molecule has 3 aromatic rings. The first-order valence-corrected chi connectivity index (χ1v) is 8.69. The van der Waals surface area contributed by atoms with Gasteiger partial charge in [-0.15, -0.1) is 10.2 Å². The Morgan fingerprint density at radius 1 is 1.08 bits per heavy atom. The van der Waals surface area contributed by atoms with Crippen molar-refractivity contribution >= 4 is 21.9 Å². The van der Waals surface area contributed by atoms with E-state index in [1.807, 2.05) is 55.5 Å². The predicted molar refractivity (Wildman–Crippen MR) is 96.7 cm³/mol. The topological polar surface area (TPSA) is 65.2 Å². The molecule has 0 aliphatic heterocycles. The van der Waals surface area contributed by atoms with E-state index in [0.29, 0.717) is 18.2 Å². The lowest BCUT2D eigenvalue weighted by Gasteiger charge is -2.04. The molecule has 1 aromatic heterocycles. The van der Waals surface area contributed by atoms with Gasteiger partial charge in [-0.2, -0.15) is 0 Å². The number of nitrogens with zero attached hydrogens (tertiary/aromatic N) is 2.